The number of thiophene rings is 1. The highest BCUT2D eigenvalue weighted by atomic mass is 32.1. The number of fused-ring (bicyclic) bond motifs is 3. The minimum absolute atomic E-state index is 0.0432. The molecule has 0 saturated carbocycles. The maximum absolute atomic E-state index is 13.0. The number of hydrogen-bond donors (Lipinski definition) is 2. The third-order valence-corrected chi connectivity index (χ3v) is 7.16. The lowest BCUT2D eigenvalue weighted by Gasteiger charge is -2.27. The van der Waals surface area contributed by atoms with Gasteiger partial charge in [0.1, 0.15) is 10.7 Å². The zero-order valence-electron chi connectivity index (χ0n) is 20.1. The third kappa shape index (κ3) is 6.29. The SMILES string of the molecule is C[C@@H]1CCc2c(sc3nc(CN(Cc4ccccc4)C[C@@H](O)COC(C)(C)C)[nH]c(=O)c23)C1. The van der Waals surface area contributed by atoms with E-state index >= 15 is 0 Å². The molecule has 178 valence electrons. The fourth-order valence-electron chi connectivity index (χ4n) is 4.40. The van der Waals surface area contributed by atoms with Crippen molar-refractivity contribution in [2.45, 2.75) is 71.8 Å². The summed E-state index contributed by atoms with van der Waals surface area (Å²) in [6.07, 6.45) is 2.48. The summed E-state index contributed by atoms with van der Waals surface area (Å²) >= 11 is 1.67. The summed E-state index contributed by atoms with van der Waals surface area (Å²) in [7, 11) is 0. The Kier molecular flexibility index (Phi) is 7.34. The minimum Gasteiger partial charge on any atom is -0.389 e. The summed E-state index contributed by atoms with van der Waals surface area (Å²) in [4.78, 5) is 25.2. The number of rotatable bonds is 8. The van der Waals surface area contributed by atoms with E-state index in [4.69, 9.17) is 9.72 Å². The molecule has 1 aromatic carbocycles. The predicted molar refractivity (Wildman–Crippen MR) is 134 cm³/mol. The molecule has 4 rings (SSSR count). The third-order valence-electron chi connectivity index (χ3n) is 6.01. The molecular formula is C26H35N3O3S. The molecule has 0 radical (unpaired) electrons. The van der Waals surface area contributed by atoms with Gasteiger partial charge < -0.3 is 14.8 Å². The number of H-pyrrole nitrogens is 1. The predicted octanol–water partition coefficient (Wildman–Crippen LogP) is 4.29. The maximum Gasteiger partial charge on any atom is 0.259 e. The molecule has 3 aromatic rings. The van der Waals surface area contributed by atoms with Crippen molar-refractivity contribution >= 4 is 21.6 Å². The standard InChI is InChI=1S/C26H35N3O3S/c1-17-10-11-20-21(12-17)33-25-23(20)24(31)27-22(28-25)15-29(13-18-8-6-5-7-9-18)14-19(30)16-32-26(2,3)4/h5-9,17,19,30H,10-16H2,1-4H3,(H,27,28,31)/t17-,19-/m1/s1. The molecule has 0 spiro atoms. The number of ether oxygens (including phenoxy) is 1. The number of aromatic amines is 1. The van der Waals surface area contributed by atoms with E-state index in [2.05, 4.69) is 28.9 Å². The molecular weight excluding hydrogens is 434 g/mol. The topological polar surface area (TPSA) is 78.5 Å². The smallest absolute Gasteiger partial charge is 0.259 e. The second-order valence-electron chi connectivity index (χ2n) is 10.3. The Bertz CT molecular complexity index is 1130. The summed E-state index contributed by atoms with van der Waals surface area (Å²) in [5, 5.41) is 11.4. The molecule has 0 unspecified atom stereocenters. The van der Waals surface area contributed by atoms with Crippen LogP contribution >= 0.6 is 11.3 Å². The van der Waals surface area contributed by atoms with Crippen molar-refractivity contribution in [1.29, 1.82) is 0 Å². The zero-order chi connectivity index (χ0) is 23.6. The van der Waals surface area contributed by atoms with Gasteiger partial charge in [-0.2, -0.15) is 0 Å². The van der Waals surface area contributed by atoms with Crippen molar-refractivity contribution in [3.05, 3.63) is 62.5 Å². The molecule has 33 heavy (non-hydrogen) atoms. The second-order valence-corrected chi connectivity index (χ2v) is 11.4. The highest BCUT2D eigenvalue weighted by Crippen LogP contribution is 2.35. The van der Waals surface area contributed by atoms with Gasteiger partial charge in [0.15, 0.2) is 0 Å². The van der Waals surface area contributed by atoms with Crippen LogP contribution in [0.1, 0.15) is 55.9 Å². The molecule has 0 bridgehead atoms. The van der Waals surface area contributed by atoms with Gasteiger partial charge in [-0.15, -0.1) is 11.3 Å². The van der Waals surface area contributed by atoms with E-state index in [1.54, 1.807) is 11.3 Å². The van der Waals surface area contributed by atoms with Crippen LogP contribution in [-0.4, -0.2) is 44.8 Å². The van der Waals surface area contributed by atoms with Gasteiger partial charge in [0, 0.05) is 18.0 Å². The van der Waals surface area contributed by atoms with E-state index in [1.165, 1.54) is 10.4 Å². The molecule has 0 fully saturated rings. The number of aromatic nitrogens is 2. The van der Waals surface area contributed by atoms with Gasteiger partial charge >= 0.3 is 0 Å². The van der Waals surface area contributed by atoms with E-state index in [0.29, 0.717) is 31.4 Å². The van der Waals surface area contributed by atoms with Gasteiger partial charge in [-0.3, -0.25) is 9.69 Å². The van der Waals surface area contributed by atoms with Crippen LogP contribution in [-0.2, 0) is 30.7 Å². The van der Waals surface area contributed by atoms with Crippen molar-refractivity contribution in [3.8, 4) is 0 Å². The summed E-state index contributed by atoms with van der Waals surface area (Å²) in [5.74, 6) is 1.29. The van der Waals surface area contributed by atoms with Crippen LogP contribution < -0.4 is 5.56 Å². The first kappa shape index (κ1) is 24.1. The Morgan fingerprint density at radius 2 is 2.03 bits per heavy atom. The molecule has 2 atom stereocenters. The highest BCUT2D eigenvalue weighted by molar-refractivity contribution is 7.18. The molecule has 0 amide bonds. The van der Waals surface area contributed by atoms with Gasteiger partial charge in [0.2, 0.25) is 0 Å². The van der Waals surface area contributed by atoms with Crippen molar-refractivity contribution in [2.24, 2.45) is 5.92 Å². The Labute approximate surface area is 199 Å². The van der Waals surface area contributed by atoms with E-state index in [-0.39, 0.29) is 17.8 Å². The molecule has 0 saturated heterocycles. The van der Waals surface area contributed by atoms with Gasteiger partial charge in [-0.05, 0) is 57.1 Å². The van der Waals surface area contributed by atoms with Crippen molar-refractivity contribution in [1.82, 2.24) is 14.9 Å². The highest BCUT2D eigenvalue weighted by Gasteiger charge is 2.24. The van der Waals surface area contributed by atoms with Crippen LogP contribution in [0.15, 0.2) is 35.1 Å². The molecule has 2 N–H and O–H groups in total. The van der Waals surface area contributed by atoms with Crippen LogP contribution in [0.4, 0.5) is 0 Å². The molecule has 7 heteroatoms. The lowest BCUT2D eigenvalue weighted by Crippen LogP contribution is -2.37. The van der Waals surface area contributed by atoms with Crippen LogP contribution in [0, 0.1) is 5.92 Å². The van der Waals surface area contributed by atoms with E-state index in [1.807, 2.05) is 39.0 Å². The first-order valence-corrected chi connectivity index (χ1v) is 12.6. The van der Waals surface area contributed by atoms with Crippen molar-refractivity contribution in [3.63, 3.8) is 0 Å². The number of aryl methyl sites for hydroxylation is 1. The summed E-state index contributed by atoms with van der Waals surface area (Å²) in [6.45, 7) is 9.98. The lowest BCUT2D eigenvalue weighted by atomic mass is 9.89. The summed E-state index contributed by atoms with van der Waals surface area (Å²) in [5.41, 5.74) is 1.99. The van der Waals surface area contributed by atoms with Crippen molar-refractivity contribution < 1.29 is 9.84 Å². The monoisotopic (exact) mass is 469 g/mol. The van der Waals surface area contributed by atoms with Gasteiger partial charge in [-0.1, -0.05) is 37.3 Å². The number of aliphatic hydroxyl groups excluding tert-OH is 1. The van der Waals surface area contributed by atoms with Crippen LogP contribution in [0.25, 0.3) is 10.2 Å². The molecule has 2 heterocycles. The summed E-state index contributed by atoms with van der Waals surface area (Å²) < 4.78 is 5.78. The Hall–Kier alpha value is -2.06. The normalized spacial score (nSPS) is 17.5. The number of hydrogen-bond acceptors (Lipinski definition) is 6. The largest absolute Gasteiger partial charge is 0.389 e. The van der Waals surface area contributed by atoms with Crippen molar-refractivity contribution in [2.75, 3.05) is 13.2 Å². The Morgan fingerprint density at radius 3 is 2.76 bits per heavy atom. The number of nitrogens with zero attached hydrogens (tertiary/aromatic N) is 2. The fraction of sp³-hybridized carbons (Fsp3) is 0.538. The quantitative estimate of drug-likeness (QED) is 0.515. The first-order chi connectivity index (χ1) is 15.7. The zero-order valence-corrected chi connectivity index (χ0v) is 20.9. The van der Waals surface area contributed by atoms with E-state index in [9.17, 15) is 9.90 Å². The Morgan fingerprint density at radius 1 is 1.27 bits per heavy atom. The van der Waals surface area contributed by atoms with Crippen LogP contribution in [0.2, 0.25) is 0 Å². The molecule has 6 nitrogen and oxygen atoms in total. The lowest BCUT2D eigenvalue weighted by molar-refractivity contribution is -0.0574. The number of aliphatic hydroxyl groups is 1. The van der Waals surface area contributed by atoms with Crippen LogP contribution in [0.3, 0.4) is 0 Å². The summed E-state index contributed by atoms with van der Waals surface area (Å²) in [6, 6.07) is 10.1. The van der Waals surface area contributed by atoms with Gasteiger partial charge in [-0.25, -0.2) is 4.98 Å². The van der Waals surface area contributed by atoms with Gasteiger partial charge in [0.25, 0.3) is 5.56 Å². The average molecular weight is 470 g/mol. The molecule has 0 aliphatic heterocycles. The number of benzene rings is 1. The molecule has 1 aliphatic carbocycles. The fourth-order valence-corrected chi connectivity index (χ4v) is 5.81. The first-order valence-electron chi connectivity index (χ1n) is 11.8. The average Bonchev–Trinajstić information content (AvgIpc) is 3.10. The van der Waals surface area contributed by atoms with Gasteiger partial charge in [0.05, 0.1) is 30.2 Å². The molecule has 2 aromatic heterocycles. The Balaban J connectivity index is 1.56. The minimum atomic E-state index is -0.640. The number of nitrogens with one attached hydrogen (secondary N) is 1. The van der Waals surface area contributed by atoms with Crippen LogP contribution in [0.5, 0.6) is 0 Å². The van der Waals surface area contributed by atoms with E-state index < -0.39 is 6.10 Å². The maximum atomic E-state index is 13.0. The van der Waals surface area contributed by atoms with E-state index in [0.717, 1.165) is 35.0 Å². The molecule has 1 aliphatic rings. The second kappa shape index (κ2) is 10.1.